The molecule has 0 fully saturated rings. The van der Waals surface area contributed by atoms with Crippen LogP contribution in [-0.4, -0.2) is 5.78 Å². The molecule has 1 aliphatic rings. The molecule has 0 saturated carbocycles. The van der Waals surface area contributed by atoms with Crippen molar-refractivity contribution in [1.82, 2.24) is 0 Å². The van der Waals surface area contributed by atoms with Crippen LogP contribution in [0.1, 0.15) is 60.3 Å². The summed E-state index contributed by atoms with van der Waals surface area (Å²) in [6.45, 7) is 10.3. The van der Waals surface area contributed by atoms with E-state index < -0.39 is 0 Å². The largest absolute Gasteiger partial charge is 0.299 e. The Bertz CT molecular complexity index is 345. The Labute approximate surface area is 106 Å². The lowest BCUT2D eigenvalue weighted by molar-refractivity contribution is -0.128. The van der Waals surface area contributed by atoms with Crippen LogP contribution in [0, 0.1) is 11.3 Å². The van der Waals surface area contributed by atoms with Gasteiger partial charge in [0.15, 0.2) is 0 Å². The van der Waals surface area contributed by atoms with Crippen LogP contribution in [0.3, 0.4) is 0 Å². The van der Waals surface area contributed by atoms with Gasteiger partial charge in [0.25, 0.3) is 0 Å². The summed E-state index contributed by atoms with van der Waals surface area (Å²) in [5.41, 5.74) is 2.80. The van der Waals surface area contributed by atoms with Crippen molar-refractivity contribution in [3.05, 3.63) is 23.3 Å². The molecule has 0 aromatic carbocycles. The van der Waals surface area contributed by atoms with Gasteiger partial charge in [-0.3, -0.25) is 4.79 Å². The molecule has 0 N–H and O–H groups in total. The van der Waals surface area contributed by atoms with Crippen LogP contribution >= 0.6 is 0 Å². The highest BCUT2D eigenvalue weighted by Crippen LogP contribution is 2.41. The molecule has 0 aromatic heterocycles. The fourth-order valence-corrected chi connectivity index (χ4v) is 2.52. The van der Waals surface area contributed by atoms with Gasteiger partial charge in [0.1, 0.15) is 5.78 Å². The lowest BCUT2D eigenvalue weighted by atomic mass is 9.67. The van der Waals surface area contributed by atoms with E-state index in [1.807, 2.05) is 0 Å². The number of carbonyl (C=O) groups is 1. The molecule has 1 aliphatic carbocycles. The lowest BCUT2D eigenvalue weighted by Gasteiger charge is -2.36. The number of hydrogen-bond donors (Lipinski definition) is 0. The van der Waals surface area contributed by atoms with Crippen molar-refractivity contribution in [2.24, 2.45) is 11.3 Å². The van der Waals surface area contributed by atoms with E-state index in [1.165, 1.54) is 11.1 Å². The minimum absolute atomic E-state index is 0.125. The molecule has 1 nitrogen and oxygen atoms in total. The topological polar surface area (TPSA) is 17.1 Å². The second-order valence-corrected chi connectivity index (χ2v) is 5.91. The fourth-order valence-electron chi connectivity index (χ4n) is 2.52. The SMILES string of the molecule is CC(=O)[C@@]1(C)CCC(CCC=C(C)C)=C[C@@H]1C. The molecule has 0 unspecified atom stereocenters. The molecule has 2 atom stereocenters. The third kappa shape index (κ3) is 3.55. The predicted molar refractivity (Wildman–Crippen MR) is 73.9 cm³/mol. The average molecular weight is 234 g/mol. The van der Waals surface area contributed by atoms with Crippen LogP contribution in [-0.2, 0) is 4.79 Å². The van der Waals surface area contributed by atoms with Gasteiger partial charge in [0, 0.05) is 5.41 Å². The fraction of sp³-hybridized carbons (Fsp3) is 0.688. The summed E-state index contributed by atoms with van der Waals surface area (Å²) in [5.74, 6) is 0.722. The molecule has 0 aromatic rings. The first-order chi connectivity index (χ1) is 7.86. The Morgan fingerprint density at radius 2 is 2.12 bits per heavy atom. The average Bonchev–Trinajstić information content (AvgIpc) is 2.22. The summed E-state index contributed by atoms with van der Waals surface area (Å²) >= 11 is 0. The molecule has 0 heterocycles. The highest BCUT2D eigenvalue weighted by molar-refractivity contribution is 5.82. The van der Waals surface area contributed by atoms with E-state index in [2.05, 4.69) is 39.8 Å². The number of Topliss-reactive ketones (excluding diaryl/α,β-unsaturated/α-hetero) is 1. The van der Waals surface area contributed by atoms with Crippen molar-refractivity contribution in [3.8, 4) is 0 Å². The van der Waals surface area contributed by atoms with Gasteiger partial charge in [0.05, 0.1) is 0 Å². The van der Waals surface area contributed by atoms with Crippen molar-refractivity contribution >= 4 is 5.78 Å². The van der Waals surface area contributed by atoms with Gasteiger partial charge in [-0.25, -0.2) is 0 Å². The molecular weight excluding hydrogens is 208 g/mol. The molecule has 1 rings (SSSR count). The van der Waals surface area contributed by atoms with Crippen LogP contribution < -0.4 is 0 Å². The Morgan fingerprint density at radius 3 is 2.59 bits per heavy atom. The molecule has 0 spiro atoms. The maximum Gasteiger partial charge on any atom is 0.136 e. The van der Waals surface area contributed by atoms with E-state index in [1.54, 1.807) is 6.92 Å². The second kappa shape index (κ2) is 5.66. The first kappa shape index (κ1) is 14.2. The van der Waals surface area contributed by atoms with Crippen LogP contribution in [0.5, 0.6) is 0 Å². The minimum atomic E-state index is -0.125. The van der Waals surface area contributed by atoms with Crippen LogP contribution in [0.15, 0.2) is 23.3 Å². The number of hydrogen-bond acceptors (Lipinski definition) is 1. The quantitative estimate of drug-likeness (QED) is 0.645. The van der Waals surface area contributed by atoms with E-state index >= 15 is 0 Å². The summed E-state index contributed by atoms with van der Waals surface area (Å²) in [6.07, 6.45) is 9.04. The molecule has 0 radical (unpaired) electrons. The van der Waals surface area contributed by atoms with Gasteiger partial charge < -0.3 is 0 Å². The Morgan fingerprint density at radius 1 is 1.47 bits per heavy atom. The first-order valence-electron chi connectivity index (χ1n) is 6.70. The van der Waals surface area contributed by atoms with E-state index in [0.29, 0.717) is 11.7 Å². The zero-order valence-corrected chi connectivity index (χ0v) is 12.0. The maximum absolute atomic E-state index is 11.7. The number of rotatable bonds is 4. The molecular formula is C16H26O. The Balaban J connectivity index is 2.63. The molecule has 0 aliphatic heterocycles. The number of carbonyl (C=O) groups excluding carboxylic acids is 1. The Kier molecular flexibility index (Phi) is 4.73. The zero-order chi connectivity index (χ0) is 13.1. The molecule has 0 saturated heterocycles. The van der Waals surface area contributed by atoms with Gasteiger partial charge in [-0.15, -0.1) is 0 Å². The summed E-state index contributed by atoms with van der Waals surface area (Å²) in [6, 6.07) is 0. The van der Waals surface area contributed by atoms with E-state index in [4.69, 9.17) is 0 Å². The highest BCUT2D eigenvalue weighted by atomic mass is 16.1. The normalized spacial score (nSPS) is 28.5. The van der Waals surface area contributed by atoms with Crippen molar-refractivity contribution in [2.45, 2.75) is 60.3 Å². The van der Waals surface area contributed by atoms with Crippen molar-refractivity contribution in [2.75, 3.05) is 0 Å². The smallest absolute Gasteiger partial charge is 0.136 e. The minimum Gasteiger partial charge on any atom is -0.299 e. The van der Waals surface area contributed by atoms with Crippen molar-refractivity contribution in [1.29, 1.82) is 0 Å². The van der Waals surface area contributed by atoms with Gasteiger partial charge in [-0.1, -0.05) is 37.1 Å². The molecule has 17 heavy (non-hydrogen) atoms. The van der Waals surface area contributed by atoms with E-state index in [0.717, 1.165) is 25.7 Å². The summed E-state index contributed by atoms with van der Waals surface area (Å²) < 4.78 is 0. The predicted octanol–water partition coefficient (Wildman–Crippen LogP) is 4.68. The molecule has 0 bridgehead atoms. The van der Waals surface area contributed by atoms with Gasteiger partial charge in [0.2, 0.25) is 0 Å². The lowest BCUT2D eigenvalue weighted by Crippen LogP contribution is -2.34. The van der Waals surface area contributed by atoms with Crippen LogP contribution in [0.2, 0.25) is 0 Å². The highest BCUT2D eigenvalue weighted by Gasteiger charge is 2.37. The molecule has 1 heteroatoms. The molecule has 96 valence electrons. The third-order valence-electron chi connectivity index (χ3n) is 4.28. The maximum atomic E-state index is 11.7. The molecule has 0 amide bonds. The second-order valence-electron chi connectivity index (χ2n) is 5.91. The summed E-state index contributed by atoms with van der Waals surface area (Å²) in [4.78, 5) is 11.7. The summed E-state index contributed by atoms with van der Waals surface area (Å²) in [7, 11) is 0. The van der Waals surface area contributed by atoms with Crippen LogP contribution in [0.25, 0.3) is 0 Å². The van der Waals surface area contributed by atoms with Gasteiger partial charge in [-0.2, -0.15) is 0 Å². The van der Waals surface area contributed by atoms with E-state index in [9.17, 15) is 4.79 Å². The standard InChI is InChI=1S/C16H26O/c1-12(2)7-6-8-15-9-10-16(5,14(4)17)13(3)11-15/h7,11,13H,6,8-10H2,1-5H3/t13-,16-/m0/s1. The third-order valence-corrected chi connectivity index (χ3v) is 4.28. The summed E-state index contributed by atoms with van der Waals surface area (Å²) in [5, 5.41) is 0. The van der Waals surface area contributed by atoms with Gasteiger partial charge >= 0.3 is 0 Å². The Hall–Kier alpha value is -0.850. The first-order valence-corrected chi connectivity index (χ1v) is 6.70. The van der Waals surface area contributed by atoms with Crippen molar-refractivity contribution < 1.29 is 4.79 Å². The zero-order valence-electron chi connectivity index (χ0n) is 12.0. The van der Waals surface area contributed by atoms with Gasteiger partial charge in [-0.05, 0) is 52.4 Å². The monoisotopic (exact) mass is 234 g/mol. The van der Waals surface area contributed by atoms with E-state index in [-0.39, 0.29) is 5.41 Å². The number of ketones is 1. The number of allylic oxidation sites excluding steroid dienone is 4. The van der Waals surface area contributed by atoms with Crippen molar-refractivity contribution in [3.63, 3.8) is 0 Å². The van der Waals surface area contributed by atoms with Crippen LogP contribution in [0.4, 0.5) is 0 Å².